The number of sulfonamides is 2. The van der Waals surface area contributed by atoms with E-state index in [2.05, 4.69) is 27.2 Å². The number of rotatable bonds is 9. The predicted molar refractivity (Wildman–Crippen MR) is 262 cm³/mol. The van der Waals surface area contributed by atoms with E-state index in [1.807, 2.05) is 69.3 Å². The number of nitrogens with two attached hydrogens (primary N) is 1. The van der Waals surface area contributed by atoms with E-state index < -0.39 is 35.1 Å². The number of hydrogen-bond donors (Lipinski definition) is 3. The molecule has 0 radical (unpaired) electrons. The summed E-state index contributed by atoms with van der Waals surface area (Å²) in [6, 6.07) is 25.8. The highest BCUT2D eigenvalue weighted by atomic mass is 35.7. The van der Waals surface area contributed by atoms with E-state index in [-0.39, 0.29) is 17.3 Å². The van der Waals surface area contributed by atoms with Gasteiger partial charge in [-0.15, -0.1) is 0 Å². The van der Waals surface area contributed by atoms with Gasteiger partial charge < -0.3 is 5.32 Å². The molecule has 0 spiro atoms. The second-order valence-electron chi connectivity index (χ2n) is 17.4. The molecule has 66 heavy (non-hydrogen) atoms. The molecule has 0 unspecified atom stereocenters. The van der Waals surface area contributed by atoms with Gasteiger partial charge in [-0.25, -0.2) is 44.7 Å². The molecule has 0 saturated heterocycles. The van der Waals surface area contributed by atoms with Crippen molar-refractivity contribution in [1.29, 1.82) is 0 Å². The molecule has 4 aliphatic carbocycles. The van der Waals surface area contributed by atoms with Crippen molar-refractivity contribution in [2.45, 2.75) is 115 Å². The number of aryl methyl sites for hydroxylation is 7. The van der Waals surface area contributed by atoms with E-state index in [1.54, 1.807) is 30.3 Å². The molecule has 0 aliphatic heterocycles. The molecule has 4 N–H and O–H groups in total. The van der Waals surface area contributed by atoms with E-state index in [4.69, 9.17) is 15.8 Å². The fraction of sp³-hybridized carbons (Fsp3) is 0.360. The van der Waals surface area contributed by atoms with Crippen LogP contribution in [0.2, 0.25) is 0 Å². The van der Waals surface area contributed by atoms with Gasteiger partial charge in [-0.3, -0.25) is 0 Å². The highest BCUT2D eigenvalue weighted by molar-refractivity contribution is 8.13. The van der Waals surface area contributed by atoms with Crippen LogP contribution in [0.1, 0.15) is 104 Å². The fourth-order valence-corrected chi connectivity index (χ4v) is 11.9. The van der Waals surface area contributed by atoms with Crippen LogP contribution in [0.15, 0.2) is 89.9 Å². The van der Waals surface area contributed by atoms with Crippen molar-refractivity contribution < 1.29 is 34.8 Å². The third kappa shape index (κ3) is 14.7. The number of fused-ring (bicyclic) bond motifs is 4. The molecule has 0 bridgehead atoms. The molecule has 12 nitrogen and oxygen atoms in total. The fourth-order valence-electron chi connectivity index (χ4n) is 9.31. The first-order valence-electron chi connectivity index (χ1n) is 22.1. The van der Waals surface area contributed by atoms with Crippen molar-refractivity contribution in [2.24, 2.45) is 10.1 Å². The van der Waals surface area contributed by atoms with Crippen LogP contribution < -0.4 is 15.2 Å². The van der Waals surface area contributed by atoms with Crippen LogP contribution in [0.25, 0.3) is 0 Å². The first-order valence-corrected chi connectivity index (χ1v) is 27.9. The lowest BCUT2D eigenvalue weighted by molar-refractivity contribution is 0.256. The molecular weight excluding hydrogens is 916 g/mol. The average molecular weight is 974 g/mol. The lowest BCUT2D eigenvalue weighted by atomic mass is 9.99. The van der Waals surface area contributed by atoms with Crippen molar-refractivity contribution in [3.63, 3.8) is 0 Å². The van der Waals surface area contributed by atoms with E-state index in [0.717, 1.165) is 103 Å². The van der Waals surface area contributed by atoms with Gasteiger partial charge in [0.15, 0.2) is 0 Å². The third-order valence-corrected chi connectivity index (χ3v) is 14.8. The summed E-state index contributed by atoms with van der Waals surface area (Å²) in [5, 5.41) is 7.76. The Labute approximate surface area is 394 Å². The van der Waals surface area contributed by atoms with Gasteiger partial charge in [0, 0.05) is 16.4 Å². The summed E-state index contributed by atoms with van der Waals surface area (Å²) in [6.07, 6.45) is 14.7. The topological polar surface area (TPSA) is 199 Å². The molecule has 0 fully saturated rings. The number of primary sulfonamides is 1. The molecule has 2 amide bonds. The quantitative estimate of drug-likeness (QED) is 0.0738. The first-order chi connectivity index (χ1) is 31.3. The Bertz CT molecular complexity index is 2860. The van der Waals surface area contributed by atoms with Gasteiger partial charge in [0.2, 0.25) is 35.2 Å². The number of nitrogens with zero attached hydrogens (tertiary/aromatic N) is 1. The summed E-state index contributed by atoms with van der Waals surface area (Å²) in [6.45, 7) is 5.73. The van der Waals surface area contributed by atoms with Crippen molar-refractivity contribution >= 4 is 63.3 Å². The number of isocyanates is 1. The summed E-state index contributed by atoms with van der Waals surface area (Å²) in [5.74, 6) is -0.405. The van der Waals surface area contributed by atoms with Crippen LogP contribution in [-0.4, -0.2) is 37.4 Å². The molecule has 0 aromatic heterocycles. The summed E-state index contributed by atoms with van der Waals surface area (Å²) in [5.41, 5.74) is 17.4. The van der Waals surface area contributed by atoms with Crippen LogP contribution in [-0.2, 0) is 103 Å². The van der Waals surface area contributed by atoms with Crippen LogP contribution in [0.3, 0.4) is 0 Å². The average Bonchev–Trinajstić information content (AvgIpc) is 4.05. The number of carbonyl (C=O) groups excluding carboxylic acids is 2. The van der Waals surface area contributed by atoms with Crippen molar-refractivity contribution in [1.82, 2.24) is 4.72 Å². The Balaban J connectivity index is 0.000000157. The maximum Gasteiger partial charge on any atom is 0.332 e. The smallest absolute Gasteiger partial charge is 0.307 e. The Kier molecular flexibility index (Phi) is 16.8. The van der Waals surface area contributed by atoms with Crippen molar-refractivity contribution in [3.8, 4) is 0 Å². The Morgan fingerprint density at radius 3 is 1.38 bits per heavy atom. The number of nitrogens with one attached hydrogen (secondary N) is 2. The van der Waals surface area contributed by atoms with E-state index >= 15 is 0 Å². The molecule has 0 atom stereocenters. The molecule has 5 aromatic rings. The van der Waals surface area contributed by atoms with Crippen LogP contribution in [0.4, 0.5) is 16.2 Å². The van der Waals surface area contributed by atoms with Crippen molar-refractivity contribution in [2.75, 3.05) is 5.32 Å². The SMILES string of the molecule is Cc1cccc(CS(=O)(=O)Cl)c1.Cc1cccc(CS(=O)(=O)NC(=O)Nc2c3c(cc4c2CCC4)CCC3)c1.Cc1cccc(CS(N)(=O)=O)c1.O=C=Nc1c2c(cc3c1CCC3)CCC2. The zero-order chi connectivity index (χ0) is 47.6. The van der Waals surface area contributed by atoms with Gasteiger partial charge in [0.1, 0.15) is 0 Å². The lowest BCUT2D eigenvalue weighted by Crippen LogP contribution is -2.35. The minimum atomic E-state index is -3.76. The molecule has 16 heteroatoms. The van der Waals surface area contributed by atoms with Gasteiger partial charge in [-0.1, -0.05) is 102 Å². The summed E-state index contributed by atoms with van der Waals surface area (Å²) in [4.78, 5) is 26.9. The summed E-state index contributed by atoms with van der Waals surface area (Å²) in [7, 11) is -5.48. The lowest BCUT2D eigenvalue weighted by Gasteiger charge is -2.16. The minimum absolute atomic E-state index is 0.0886. The van der Waals surface area contributed by atoms with Crippen molar-refractivity contribution in [3.05, 3.63) is 163 Å². The standard InChI is InChI=1S/C21H24N2O3S.C13H13NO.C8H9ClO2S.C8H11NO2S/c1-14-5-2-6-15(11-14)13-27(25,26)23-21(24)22-20-18-9-3-7-16(18)12-17-8-4-10-19(17)20;15-8-14-13-11-5-1-3-9(11)7-10-4-2-6-12(10)13;2*1-7-3-2-4-8(5-7)6-12(9,10)11/h2,5-6,11-12H,3-4,7-10,13H2,1H3,(H2,22,23,24);7H,1-6H2;2-5H,6H2,1H3;2-5H,6H2,1H3,(H2,9,10,11). The van der Waals surface area contributed by atoms with E-state index in [0.29, 0.717) is 5.56 Å². The Hall–Kier alpha value is -5.15. The normalized spacial score (nSPS) is 14.3. The molecule has 0 saturated carbocycles. The zero-order valence-corrected chi connectivity index (χ0v) is 40.8. The molecular formula is C50H57ClN4O8S3. The van der Waals surface area contributed by atoms with Gasteiger partial charge in [0.25, 0.3) is 0 Å². The second-order valence-corrected chi connectivity index (χ2v) is 23.5. The minimum Gasteiger partial charge on any atom is -0.307 e. The number of anilines is 1. The highest BCUT2D eigenvalue weighted by Gasteiger charge is 2.27. The number of carbonyl (C=O) groups is 1. The van der Waals surface area contributed by atoms with Gasteiger partial charge >= 0.3 is 6.03 Å². The zero-order valence-electron chi connectivity index (χ0n) is 37.6. The van der Waals surface area contributed by atoms with Gasteiger partial charge in [0.05, 0.1) is 22.9 Å². The molecule has 350 valence electrons. The molecule has 4 aliphatic rings. The monoisotopic (exact) mass is 972 g/mol. The van der Waals surface area contributed by atoms with E-state index in [1.165, 1.54) is 57.3 Å². The number of benzene rings is 5. The number of urea groups is 1. The summed E-state index contributed by atoms with van der Waals surface area (Å²) >= 11 is 0. The largest absolute Gasteiger partial charge is 0.332 e. The van der Waals surface area contributed by atoms with Gasteiger partial charge in [-0.2, -0.15) is 4.99 Å². The molecule has 9 rings (SSSR count). The highest BCUT2D eigenvalue weighted by Crippen LogP contribution is 2.40. The first kappa shape index (κ1) is 50.3. The van der Waals surface area contributed by atoms with Crippen LogP contribution in [0, 0.1) is 20.8 Å². The molecule has 5 aromatic carbocycles. The van der Waals surface area contributed by atoms with Crippen LogP contribution in [0.5, 0.6) is 0 Å². The summed E-state index contributed by atoms with van der Waals surface area (Å²) < 4.78 is 69.7. The third-order valence-electron chi connectivity index (χ3n) is 11.9. The van der Waals surface area contributed by atoms with Gasteiger partial charge in [-0.05, 0) is 159 Å². The van der Waals surface area contributed by atoms with Crippen LogP contribution >= 0.6 is 10.7 Å². The number of amides is 2. The Morgan fingerprint density at radius 2 is 0.985 bits per heavy atom. The number of hydrogen-bond acceptors (Lipinski definition) is 9. The Morgan fingerprint density at radius 1 is 0.591 bits per heavy atom. The maximum absolute atomic E-state index is 12.5. The number of aliphatic imine (C=N–C) groups is 1. The van der Waals surface area contributed by atoms with E-state index in [9.17, 15) is 34.8 Å². The predicted octanol–water partition coefficient (Wildman–Crippen LogP) is 9.10. The second kappa shape index (κ2) is 22.1. The molecule has 0 heterocycles. The maximum atomic E-state index is 12.5. The number of halogens is 1.